The zero-order valence-corrected chi connectivity index (χ0v) is 30.4. The second-order valence-electron chi connectivity index (χ2n) is 11.6. The Morgan fingerprint density at radius 1 is 0.960 bits per heavy atom. The highest BCUT2D eigenvalue weighted by atomic mass is 32.2. The summed E-state index contributed by atoms with van der Waals surface area (Å²) in [7, 11) is -4.05. The Morgan fingerprint density at radius 3 is 1.92 bits per heavy atom. The molecular weight excluding hydrogens is 693 g/mol. The number of amides is 1. The van der Waals surface area contributed by atoms with E-state index in [0.29, 0.717) is 53.2 Å². The van der Waals surface area contributed by atoms with Crippen molar-refractivity contribution in [3.63, 3.8) is 0 Å². The second kappa shape index (κ2) is 18.7. The van der Waals surface area contributed by atoms with Crippen LogP contribution in [0.1, 0.15) is 65.1 Å². The molecule has 1 amide bonds. The number of hydrogen-bond acceptors (Lipinski definition) is 10. The maximum absolute atomic E-state index is 13.4. The molecule has 50 heavy (non-hydrogen) atoms. The first kappa shape index (κ1) is 43.1. The fourth-order valence-corrected chi connectivity index (χ4v) is 4.45. The van der Waals surface area contributed by atoms with E-state index in [9.17, 15) is 31.5 Å². The van der Waals surface area contributed by atoms with E-state index in [1.54, 1.807) is 55.5 Å². The van der Waals surface area contributed by atoms with Gasteiger partial charge in [0.05, 0.1) is 31.0 Å². The van der Waals surface area contributed by atoms with Gasteiger partial charge in [0.25, 0.3) is 26.1 Å². The van der Waals surface area contributed by atoms with Gasteiger partial charge in [0.15, 0.2) is 0 Å². The lowest BCUT2D eigenvalue weighted by molar-refractivity contribution is 0.0697. The topological polar surface area (TPSA) is 274 Å². The molecule has 0 aliphatic carbocycles. The number of likely N-dealkylation sites (N-methyl/N-ethyl adjacent to an activating group) is 1. The third-order valence-electron chi connectivity index (χ3n) is 6.61. The first-order valence-electron chi connectivity index (χ1n) is 14.7. The lowest BCUT2D eigenvalue weighted by Gasteiger charge is -2.27. The lowest BCUT2D eigenvalue weighted by Crippen LogP contribution is -2.29. The van der Waals surface area contributed by atoms with Gasteiger partial charge < -0.3 is 25.8 Å². The second-order valence-corrected chi connectivity index (χ2v) is 14.5. The molecule has 0 aliphatic rings. The molecule has 1 aromatic heterocycles. The van der Waals surface area contributed by atoms with Crippen LogP contribution in [0.2, 0.25) is 0 Å². The summed E-state index contributed by atoms with van der Waals surface area (Å²) in [4.78, 5) is 32.1. The maximum atomic E-state index is 13.4. The van der Waals surface area contributed by atoms with E-state index < -0.39 is 32.1 Å². The third-order valence-corrected chi connectivity index (χ3v) is 6.61. The minimum Gasteiger partial charge on any atom is -0.481 e. The van der Waals surface area contributed by atoms with Gasteiger partial charge >= 0.3 is 5.97 Å². The Hall–Kier alpha value is -4.91. The van der Waals surface area contributed by atoms with Gasteiger partial charge in [-0.1, -0.05) is 26.0 Å². The quantitative estimate of drug-likeness (QED) is 0.0832. The number of hydrogen-bond donors (Lipinski definition) is 7. The van der Waals surface area contributed by atoms with E-state index in [1.807, 2.05) is 18.0 Å². The van der Waals surface area contributed by atoms with Crippen LogP contribution in [-0.2, 0) is 20.2 Å². The Morgan fingerprint density at radius 2 is 1.48 bits per heavy atom. The fraction of sp³-hybridized carbons (Fsp3) is 0.344. The predicted molar refractivity (Wildman–Crippen MR) is 192 cm³/mol. The van der Waals surface area contributed by atoms with Gasteiger partial charge in [0, 0.05) is 42.4 Å². The Balaban J connectivity index is 0.00000109. The predicted octanol–water partition coefficient (Wildman–Crippen LogP) is 4.06. The van der Waals surface area contributed by atoms with Crippen LogP contribution in [0.5, 0.6) is 5.88 Å². The number of amidine groups is 2. The third kappa shape index (κ3) is 16.0. The van der Waals surface area contributed by atoms with Crippen LogP contribution in [-0.4, -0.2) is 97.7 Å². The van der Waals surface area contributed by atoms with Crippen LogP contribution in [0.25, 0.3) is 11.1 Å². The van der Waals surface area contributed by atoms with Gasteiger partial charge in [-0.3, -0.25) is 24.7 Å². The smallest absolute Gasteiger partial charge is 0.336 e. The highest BCUT2D eigenvalue weighted by molar-refractivity contribution is 7.85. The molecule has 3 rings (SSSR count). The average molecular weight is 737 g/mol. The summed E-state index contributed by atoms with van der Waals surface area (Å²) in [6, 6.07) is 14.9. The van der Waals surface area contributed by atoms with E-state index in [-0.39, 0.29) is 28.9 Å². The van der Waals surface area contributed by atoms with Crippen LogP contribution in [0, 0.1) is 16.7 Å². The monoisotopic (exact) mass is 736 g/mol. The van der Waals surface area contributed by atoms with Crippen molar-refractivity contribution < 1.29 is 45.4 Å². The zero-order chi connectivity index (χ0) is 38.6. The van der Waals surface area contributed by atoms with Crippen molar-refractivity contribution in [3.05, 3.63) is 77.0 Å². The molecule has 0 bridgehead atoms. The summed E-state index contributed by atoms with van der Waals surface area (Å²) in [5, 5.41) is 28.5. The minimum atomic E-state index is -3.67. The molecule has 0 aliphatic heterocycles. The van der Waals surface area contributed by atoms with E-state index >= 15 is 0 Å². The molecule has 1 atom stereocenters. The molecule has 0 saturated heterocycles. The Labute approximate surface area is 292 Å². The lowest BCUT2D eigenvalue weighted by atomic mass is 9.86. The number of methoxy groups -OCH3 is 1. The molecule has 1 heterocycles. The van der Waals surface area contributed by atoms with Gasteiger partial charge in [-0.2, -0.15) is 16.8 Å². The van der Waals surface area contributed by atoms with Crippen LogP contribution in [0.3, 0.4) is 0 Å². The number of carboxylic acids is 1. The van der Waals surface area contributed by atoms with Crippen LogP contribution < -0.4 is 15.8 Å². The van der Waals surface area contributed by atoms with Gasteiger partial charge in [-0.05, 0) is 66.8 Å². The zero-order valence-electron chi connectivity index (χ0n) is 28.8. The number of ether oxygens (including phenoxy) is 1. The van der Waals surface area contributed by atoms with Crippen molar-refractivity contribution in [3.8, 4) is 17.0 Å². The standard InChI is InChI=1S/C30H36N6O4.2CH4O3S/c1-17(2)14-21(16-36(4)18(3)31)20-8-11-23(25(15-20)30(38)39)24-12-13-26(40-5)35-27(24)29(37)34-22-9-6-19(7-10-22)28(32)33;2*1-5(2,3)4/h6-13,15,17,21,31H,14,16H2,1-5H3,(H3,32,33)(H,34,37)(H,38,39);2*1H3,(H,2,3,4)/t21-;;/m1../s1. The number of carbonyl (C=O) groups excluding carboxylic acids is 1. The molecular formula is C32H44N6O10S2. The number of pyridine rings is 1. The minimum absolute atomic E-state index is 0.00291. The van der Waals surface area contributed by atoms with Crippen molar-refractivity contribution >= 4 is 49.5 Å². The number of benzene rings is 2. The molecule has 18 heteroatoms. The largest absolute Gasteiger partial charge is 0.481 e. The molecule has 16 nitrogen and oxygen atoms in total. The van der Waals surface area contributed by atoms with Crippen molar-refractivity contribution in [2.24, 2.45) is 11.7 Å². The number of aromatic nitrogens is 1. The maximum Gasteiger partial charge on any atom is 0.336 e. The number of aromatic carboxylic acids is 1. The first-order chi connectivity index (χ1) is 22.9. The number of nitrogens with two attached hydrogens (primary N) is 1. The normalized spacial score (nSPS) is 11.6. The van der Waals surface area contributed by atoms with Gasteiger partial charge in [-0.25, -0.2) is 9.78 Å². The van der Waals surface area contributed by atoms with Crippen molar-refractivity contribution in [2.45, 2.75) is 33.1 Å². The summed E-state index contributed by atoms with van der Waals surface area (Å²) in [5.74, 6) is -0.759. The van der Waals surface area contributed by atoms with Gasteiger partial charge in [0.2, 0.25) is 5.88 Å². The van der Waals surface area contributed by atoms with E-state index in [0.717, 1.165) is 12.0 Å². The van der Waals surface area contributed by atoms with Crippen LogP contribution in [0.4, 0.5) is 5.69 Å². The SMILES string of the molecule is COc1ccc(-c2ccc([C@H](CC(C)C)CN(C)C(C)=N)cc2C(=O)O)c(C(=O)Nc2ccc(C(=N)N)cc2)n1.CS(=O)(=O)O.CS(=O)(=O)O. The fourth-order valence-electron chi connectivity index (χ4n) is 4.45. The van der Waals surface area contributed by atoms with Crippen molar-refractivity contribution in [1.82, 2.24) is 9.88 Å². The highest BCUT2D eigenvalue weighted by Gasteiger charge is 2.24. The molecule has 2 aromatic carbocycles. The molecule has 3 aromatic rings. The van der Waals surface area contributed by atoms with Crippen molar-refractivity contribution in [2.75, 3.05) is 38.5 Å². The molecule has 0 unspecified atom stereocenters. The molecule has 274 valence electrons. The number of carboxylic acid groups (broad SMARTS) is 1. The number of rotatable bonds is 11. The Bertz CT molecular complexity index is 1850. The molecule has 0 radical (unpaired) electrons. The summed E-state index contributed by atoms with van der Waals surface area (Å²) >= 11 is 0. The van der Waals surface area contributed by atoms with Crippen molar-refractivity contribution in [1.29, 1.82) is 10.8 Å². The number of carbonyl (C=O) groups is 2. The number of nitrogens with one attached hydrogen (secondary N) is 3. The summed E-state index contributed by atoms with van der Waals surface area (Å²) in [6.07, 6.45) is 2.25. The highest BCUT2D eigenvalue weighted by Crippen LogP contribution is 2.33. The average Bonchev–Trinajstić information content (AvgIpc) is 2.98. The summed E-state index contributed by atoms with van der Waals surface area (Å²) in [6.45, 7) is 6.52. The van der Waals surface area contributed by atoms with Crippen LogP contribution >= 0.6 is 0 Å². The first-order valence-corrected chi connectivity index (χ1v) is 18.4. The molecule has 0 saturated carbocycles. The number of nitrogens with zero attached hydrogens (tertiary/aromatic N) is 2. The summed E-state index contributed by atoms with van der Waals surface area (Å²) < 4.78 is 57.0. The number of anilines is 1. The molecule has 0 fully saturated rings. The molecule has 8 N–H and O–H groups in total. The van der Waals surface area contributed by atoms with Gasteiger partial charge in [-0.15, -0.1) is 0 Å². The number of nitrogen functional groups attached to an aromatic ring is 1. The van der Waals surface area contributed by atoms with Crippen LogP contribution in [0.15, 0.2) is 54.6 Å². The molecule has 0 spiro atoms. The Kier molecular flexibility index (Phi) is 16.2. The van der Waals surface area contributed by atoms with E-state index in [4.69, 9.17) is 30.4 Å². The summed E-state index contributed by atoms with van der Waals surface area (Å²) in [5.41, 5.74) is 8.08. The van der Waals surface area contributed by atoms with Gasteiger partial charge in [0.1, 0.15) is 11.5 Å². The van der Waals surface area contributed by atoms with E-state index in [1.165, 1.54) is 7.11 Å². The van der Waals surface area contributed by atoms with E-state index in [2.05, 4.69) is 24.1 Å².